The van der Waals surface area contributed by atoms with Gasteiger partial charge in [-0.1, -0.05) is 48.0 Å². The van der Waals surface area contributed by atoms with Crippen molar-refractivity contribution < 1.29 is 4.79 Å². The molecule has 0 radical (unpaired) electrons. The SMILES string of the molecule is N#Cc1c(N=C2C(=O)N(Cc3ccccc3Cl)c3ccccc32)sc2c1CCCC2. The Hall–Kier alpha value is -2.94. The van der Waals surface area contributed by atoms with E-state index in [0.717, 1.165) is 48.1 Å². The van der Waals surface area contributed by atoms with Gasteiger partial charge in [0, 0.05) is 15.5 Å². The summed E-state index contributed by atoms with van der Waals surface area (Å²) in [5.41, 5.74) is 4.66. The smallest absolute Gasteiger partial charge is 0.277 e. The molecule has 2 aliphatic rings. The van der Waals surface area contributed by atoms with Gasteiger partial charge in [-0.25, -0.2) is 4.99 Å². The van der Waals surface area contributed by atoms with E-state index in [4.69, 9.17) is 16.6 Å². The van der Waals surface area contributed by atoms with E-state index in [2.05, 4.69) is 6.07 Å². The highest BCUT2D eigenvalue weighted by molar-refractivity contribution is 7.16. The van der Waals surface area contributed by atoms with Crippen molar-refractivity contribution in [2.24, 2.45) is 4.99 Å². The van der Waals surface area contributed by atoms with Gasteiger partial charge in [-0.15, -0.1) is 11.3 Å². The topological polar surface area (TPSA) is 56.5 Å². The molecule has 0 unspecified atom stereocenters. The van der Waals surface area contributed by atoms with E-state index in [9.17, 15) is 10.1 Å². The number of amides is 1. The first kappa shape index (κ1) is 19.0. The lowest BCUT2D eigenvalue weighted by molar-refractivity contribution is -0.112. The lowest BCUT2D eigenvalue weighted by Crippen LogP contribution is -2.29. The zero-order chi connectivity index (χ0) is 20.7. The average Bonchev–Trinajstić information content (AvgIpc) is 3.25. The van der Waals surface area contributed by atoms with Gasteiger partial charge >= 0.3 is 0 Å². The number of nitriles is 1. The zero-order valence-electron chi connectivity index (χ0n) is 16.2. The van der Waals surface area contributed by atoms with Gasteiger partial charge in [0.05, 0.1) is 17.8 Å². The predicted octanol–water partition coefficient (Wildman–Crippen LogP) is 5.82. The lowest BCUT2D eigenvalue weighted by Gasteiger charge is -2.17. The lowest BCUT2D eigenvalue weighted by atomic mass is 9.96. The molecule has 148 valence electrons. The molecule has 3 aromatic rings. The Morgan fingerprint density at radius 3 is 2.70 bits per heavy atom. The van der Waals surface area contributed by atoms with Gasteiger partial charge in [0.1, 0.15) is 16.8 Å². The largest absolute Gasteiger partial charge is 0.302 e. The highest BCUT2D eigenvalue weighted by atomic mass is 35.5. The van der Waals surface area contributed by atoms with E-state index >= 15 is 0 Å². The van der Waals surface area contributed by atoms with E-state index < -0.39 is 0 Å². The maximum atomic E-state index is 13.4. The Balaban J connectivity index is 1.59. The molecule has 0 bridgehead atoms. The monoisotopic (exact) mass is 431 g/mol. The highest BCUT2D eigenvalue weighted by Crippen LogP contribution is 2.41. The fourth-order valence-corrected chi connectivity index (χ4v) is 5.58. The Morgan fingerprint density at radius 1 is 1.10 bits per heavy atom. The number of nitrogens with zero attached hydrogens (tertiary/aromatic N) is 3. The number of anilines is 1. The molecule has 1 aromatic heterocycles. The average molecular weight is 432 g/mol. The Labute approximate surface area is 184 Å². The Bertz CT molecular complexity index is 1240. The van der Waals surface area contributed by atoms with Gasteiger partial charge in [0.25, 0.3) is 5.91 Å². The summed E-state index contributed by atoms with van der Waals surface area (Å²) in [4.78, 5) is 21.1. The van der Waals surface area contributed by atoms with Crippen molar-refractivity contribution in [1.29, 1.82) is 5.26 Å². The number of hydrogen-bond acceptors (Lipinski definition) is 4. The van der Waals surface area contributed by atoms with Crippen molar-refractivity contribution in [3.63, 3.8) is 0 Å². The summed E-state index contributed by atoms with van der Waals surface area (Å²) in [6, 6.07) is 17.5. The number of thiophene rings is 1. The van der Waals surface area contributed by atoms with Crippen LogP contribution in [0.4, 0.5) is 10.7 Å². The number of carbonyl (C=O) groups excluding carboxylic acids is 1. The van der Waals surface area contributed by atoms with Crippen molar-refractivity contribution in [2.45, 2.75) is 32.2 Å². The molecule has 0 saturated carbocycles. The van der Waals surface area contributed by atoms with Crippen LogP contribution in [0.1, 0.15) is 40.0 Å². The summed E-state index contributed by atoms with van der Waals surface area (Å²) in [5, 5.41) is 11.0. The Morgan fingerprint density at radius 2 is 1.87 bits per heavy atom. The summed E-state index contributed by atoms with van der Waals surface area (Å²) in [5.74, 6) is -0.161. The minimum absolute atomic E-state index is 0.161. The molecule has 1 aliphatic heterocycles. The van der Waals surface area contributed by atoms with Crippen LogP contribution in [-0.2, 0) is 24.2 Å². The van der Waals surface area contributed by atoms with E-state index in [1.807, 2.05) is 48.5 Å². The maximum absolute atomic E-state index is 13.4. The van der Waals surface area contributed by atoms with Crippen LogP contribution in [0.5, 0.6) is 0 Å². The minimum Gasteiger partial charge on any atom is -0.302 e. The molecule has 0 spiro atoms. The second-order valence-electron chi connectivity index (χ2n) is 7.46. The molecule has 6 heteroatoms. The summed E-state index contributed by atoms with van der Waals surface area (Å²) >= 11 is 7.89. The van der Waals surface area contributed by atoms with Crippen LogP contribution in [0.3, 0.4) is 0 Å². The number of aliphatic imine (C=N–C) groups is 1. The van der Waals surface area contributed by atoms with Crippen LogP contribution >= 0.6 is 22.9 Å². The summed E-state index contributed by atoms with van der Waals surface area (Å²) < 4.78 is 0. The van der Waals surface area contributed by atoms with Crippen LogP contribution in [0.25, 0.3) is 0 Å². The highest BCUT2D eigenvalue weighted by Gasteiger charge is 2.34. The van der Waals surface area contributed by atoms with Crippen LogP contribution in [-0.4, -0.2) is 11.6 Å². The van der Waals surface area contributed by atoms with Crippen LogP contribution < -0.4 is 4.90 Å². The summed E-state index contributed by atoms with van der Waals surface area (Å²) in [6.07, 6.45) is 4.15. The molecule has 2 aromatic carbocycles. The van der Waals surface area contributed by atoms with Gasteiger partial charge in [0.15, 0.2) is 0 Å². The maximum Gasteiger partial charge on any atom is 0.277 e. The summed E-state index contributed by atoms with van der Waals surface area (Å²) in [7, 11) is 0. The standard InChI is InChI=1S/C24H18ClN3OS/c25-19-10-4-1-7-15(19)14-28-20-11-5-2-9-17(20)22(24(28)29)27-23-18(13-26)16-8-3-6-12-21(16)30-23/h1-2,4-5,7,9-11H,3,6,8,12,14H2. The molecule has 0 fully saturated rings. The van der Waals surface area contributed by atoms with E-state index in [0.29, 0.717) is 27.8 Å². The number of hydrogen-bond donors (Lipinski definition) is 0. The van der Waals surface area contributed by atoms with E-state index in [-0.39, 0.29) is 5.91 Å². The molecular formula is C24H18ClN3OS. The fourth-order valence-electron chi connectivity index (χ4n) is 4.17. The van der Waals surface area contributed by atoms with Crippen molar-refractivity contribution in [3.05, 3.63) is 80.7 Å². The van der Waals surface area contributed by atoms with Crippen molar-refractivity contribution in [3.8, 4) is 6.07 Å². The van der Waals surface area contributed by atoms with Gasteiger partial charge < -0.3 is 4.90 Å². The first-order valence-corrected chi connectivity index (χ1v) is 11.1. The number of rotatable bonds is 3. The molecule has 1 aliphatic carbocycles. The normalized spacial score (nSPS) is 16.5. The summed E-state index contributed by atoms with van der Waals surface area (Å²) in [6.45, 7) is 0.376. The second-order valence-corrected chi connectivity index (χ2v) is 8.95. The fraction of sp³-hybridized carbons (Fsp3) is 0.208. The van der Waals surface area contributed by atoms with Crippen molar-refractivity contribution >= 4 is 45.2 Å². The van der Waals surface area contributed by atoms with Gasteiger partial charge in [-0.3, -0.25) is 4.79 Å². The molecule has 0 atom stereocenters. The number of halogens is 1. The minimum atomic E-state index is -0.161. The first-order chi connectivity index (χ1) is 14.7. The van der Waals surface area contributed by atoms with Crippen LogP contribution in [0, 0.1) is 11.3 Å². The van der Waals surface area contributed by atoms with Gasteiger partial charge in [-0.2, -0.15) is 5.26 Å². The van der Waals surface area contributed by atoms with Crippen LogP contribution in [0.15, 0.2) is 53.5 Å². The van der Waals surface area contributed by atoms with Crippen molar-refractivity contribution in [1.82, 2.24) is 0 Å². The van der Waals surface area contributed by atoms with Crippen LogP contribution in [0.2, 0.25) is 5.02 Å². The third-order valence-electron chi connectivity index (χ3n) is 5.66. The molecule has 5 rings (SSSR count). The first-order valence-electron chi connectivity index (χ1n) is 9.95. The second kappa shape index (κ2) is 7.71. The number of carbonyl (C=O) groups is 1. The van der Waals surface area contributed by atoms with Gasteiger partial charge in [-0.05, 0) is 48.9 Å². The van der Waals surface area contributed by atoms with Gasteiger partial charge in [0.2, 0.25) is 0 Å². The molecule has 0 N–H and O–H groups in total. The number of fused-ring (bicyclic) bond motifs is 2. The molecule has 30 heavy (non-hydrogen) atoms. The van der Waals surface area contributed by atoms with Crippen molar-refractivity contribution in [2.75, 3.05) is 4.90 Å². The van der Waals surface area contributed by atoms with E-state index in [1.165, 1.54) is 4.88 Å². The molecule has 0 saturated heterocycles. The predicted molar refractivity (Wildman–Crippen MR) is 121 cm³/mol. The number of benzene rings is 2. The quantitative estimate of drug-likeness (QED) is 0.524. The molecule has 2 heterocycles. The molecular weight excluding hydrogens is 414 g/mol. The molecule has 1 amide bonds. The number of para-hydroxylation sites is 1. The third-order valence-corrected chi connectivity index (χ3v) is 7.22. The third kappa shape index (κ3) is 3.13. The zero-order valence-corrected chi connectivity index (χ0v) is 17.8. The Kier molecular flexibility index (Phi) is 4.90. The van der Waals surface area contributed by atoms with E-state index in [1.54, 1.807) is 16.2 Å². The molecule has 4 nitrogen and oxygen atoms in total. The number of aryl methyl sites for hydroxylation is 1.